The highest BCUT2D eigenvalue weighted by atomic mass is 35.5. The van der Waals surface area contributed by atoms with Crippen molar-refractivity contribution >= 4 is 28.3 Å². The van der Waals surface area contributed by atoms with Crippen LogP contribution in [0, 0.1) is 11.6 Å². The third-order valence-corrected chi connectivity index (χ3v) is 3.56. The highest BCUT2D eigenvalue weighted by Gasteiger charge is 2.12. The molecule has 0 atom stereocenters. The monoisotopic (exact) mass is 349 g/mol. The number of rotatable bonds is 3. The van der Waals surface area contributed by atoms with Gasteiger partial charge in [-0.1, -0.05) is 29.8 Å². The summed E-state index contributed by atoms with van der Waals surface area (Å²) in [5, 5.41) is 4.60. The van der Waals surface area contributed by atoms with Crippen LogP contribution in [-0.2, 0) is 11.2 Å². The zero-order chi connectivity index (χ0) is 17.3. The molecule has 0 aliphatic carbocycles. The fourth-order valence-electron chi connectivity index (χ4n) is 2.28. The average molecular weight is 350 g/mol. The third-order valence-electron chi connectivity index (χ3n) is 3.28. The van der Waals surface area contributed by atoms with Gasteiger partial charge in [0.05, 0.1) is 11.8 Å². The lowest BCUT2D eigenvalue weighted by Crippen LogP contribution is -2.36. The number of nitrogens with zero attached hydrogens (tertiary/aromatic N) is 2. The summed E-state index contributed by atoms with van der Waals surface area (Å²) in [6.45, 7) is 0. The molecule has 8 heteroatoms. The van der Waals surface area contributed by atoms with Crippen LogP contribution in [0.15, 0.2) is 47.3 Å². The van der Waals surface area contributed by atoms with E-state index in [0.29, 0.717) is 16.2 Å². The fraction of sp³-hybridized carbons (Fsp3) is 0.0625. The zero-order valence-electron chi connectivity index (χ0n) is 12.1. The van der Waals surface area contributed by atoms with E-state index < -0.39 is 23.1 Å². The molecule has 3 rings (SSSR count). The Labute approximate surface area is 139 Å². The number of aromatic nitrogens is 2. The number of amides is 1. The van der Waals surface area contributed by atoms with Crippen molar-refractivity contribution in [2.24, 2.45) is 0 Å². The number of hydrogen-bond acceptors (Lipinski definition) is 3. The van der Waals surface area contributed by atoms with Crippen LogP contribution in [0.5, 0.6) is 0 Å². The van der Waals surface area contributed by atoms with Gasteiger partial charge in [-0.2, -0.15) is 0 Å². The maximum absolute atomic E-state index is 13.1. The van der Waals surface area contributed by atoms with Gasteiger partial charge in [-0.05, 0) is 23.8 Å². The number of halogens is 3. The first-order chi connectivity index (χ1) is 11.4. The molecule has 1 N–H and O–H groups in total. The molecule has 0 aliphatic heterocycles. The van der Waals surface area contributed by atoms with E-state index >= 15 is 0 Å². The highest BCUT2D eigenvalue weighted by Crippen LogP contribution is 2.17. The van der Waals surface area contributed by atoms with Crippen molar-refractivity contribution in [3.05, 3.63) is 75.2 Å². The second-order valence-corrected chi connectivity index (χ2v) is 5.40. The smallest absolute Gasteiger partial charge is 0.273 e. The molecular formula is C16H10ClF2N3O2. The van der Waals surface area contributed by atoms with Gasteiger partial charge in [0.1, 0.15) is 11.6 Å². The minimum atomic E-state index is -0.790. The molecule has 2 aromatic carbocycles. The van der Waals surface area contributed by atoms with Crippen molar-refractivity contribution in [1.82, 2.24) is 9.89 Å². The van der Waals surface area contributed by atoms with Gasteiger partial charge in [0.25, 0.3) is 5.56 Å². The Hall–Kier alpha value is -2.80. The summed E-state index contributed by atoms with van der Waals surface area (Å²) in [5.74, 6) is -2.25. The zero-order valence-corrected chi connectivity index (χ0v) is 12.8. The summed E-state index contributed by atoms with van der Waals surface area (Å²) in [6, 6.07) is 9.32. The van der Waals surface area contributed by atoms with Gasteiger partial charge < -0.3 is 0 Å². The number of nitrogens with one attached hydrogen (secondary N) is 1. The molecule has 0 radical (unpaired) electrons. The Balaban J connectivity index is 1.88. The number of fused-ring (bicyclic) bond motifs is 1. The molecule has 1 heterocycles. The molecule has 1 aromatic heterocycles. The van der Waals surface area contributed by atoms with E-state index in [-0.39, 0.29) is 22.5 Å². The standard InChI is InChI=1S/C16H10ClF2N3O2/c17-15-12-3-1-2-4-13(12)16(24)22(21-15)20-14(23)7-9-5-10(18)8-11(19)6-9/h1-6,8H,7H2,(H,20,23). The Morgan fingerprint density at radius 3 is 2.42 bits per heavy atom. The van der Waals surface area contributed by atoms with Gasteiger partial charge in [-0.15, -0.1) is 9.89 Å². The summed E-state index contributed by atoms with van der Waals surface area (Å²) >= 11 is 6.00. The first-order valence-electron chi connectivity index (χ1n) is 6.86. The Morgan fingerprint density at radius 2 is 1.75 bits per heavy atom. The van der Waals surface area contributed by atoms with Crippen molar-refractivity contribution in [2.75, 3.05) is 5.43 Å². The second-order valence-electron chi connectivity index (χ2n) is 5.04. The molecule has 122 valence electrons. The summed E-state index contributed by atoms with van der Waals surface area (Å²) in [4.78, 5) is 25.0. The van der Waals surface area contributed by atoms with Gasteiger partial charge in [-0.3, -0.25) is 9.59 Å². The molecule has 24 heavy (non-hydrogen) atoms. The van der Waals surface area contributed by atoms with Gasteiger partial charge in [0, 0.05) is 11.5 Å². The van der Waals surface area contributed by atoms with E-state index in [0.717, 1.165) is 12.1 Å². The molecular weight excluding hydrogens is 340 g/mol. The molecule has 0 saturated heterocycles. The summed E-state index contributed by atoms with van der Waals surface area (Å²) in [7, 11) is 0. The summed E-state index contributed by atoms with van der Waals surface area (Å²) in [6.07, 6.45) is -0.326. The summed E-state index contributed by atoms with van der Waals surface area (Å²) in [5.41, 5.74) is 1.82. The van der Waals surface area contributed by atoms with Crippen LogP contribution in [0.25, 0.3) is 10.8 Å². The minimum Gasteiger partial charge on any atom is -0.273 e. The van der Waals surface area contributed by atoms with Crippen LogP contribution < -0.4 is 11.0 Å². The van der Waals surface area contributed by atoms with E-state index in [1.807, 2.05) is 0 Å². The molecule has 1 amide bonds. The fourth-order valence-corrected chi connectivity index (χ4v) is 2.52. The van der Waals surface area contributed by atoms with Crippen molar-refractivity contribution in [2.45, 2.75) is 6.42 Å². The van der Waals surface area contributed by atoms with Crippen molar-refractivity contribution < 1.29 is 13.6 Å². The van der Waals surface area contributed by atoms with Gasteiger partial charge in [0.15, 0.2) is 5.15 Å². The lowest BCUT2D eigenvalue weighted by molar-refractivity contribution is -0.116. The third kappa shape index (κ3) is 3.26. The van der Waals surface area contributed by atoms with Crippen LogP contribution in [-0.4, -0.2) is 15.8 Å². The Kier molecular flexibility index (Phi) is 4.26. The van der Waals surface area contributed by atoms with Gasteiger partial charge in [0.2, 0.25) is 5.91 Å². The van der Waals surface area contributed by atoms with Crippen LogP contribution in [0.2, 0.25) is 5.15 Å². The largest absolute Gasteiger partial charge is 0.294 e. The van der Waals surface area contributed by atoms with Crippen molar-refractivity contribution in [1.29, 1.82) is 0 Å². The number of carbonyl (C=O) groups excluding carboxylic acids is 1. The summed E-state index contributed by atoms with van der Waals surface area (Å²) < 4.78 is 26.3. The first kappa shape index (κ1) is 16.1. The number of benzene rings is 2. The molecule has 0 spiro atoms. The SMILES string of the molecule is O=C(Cc1cc(F)cc(F)c1)Nn1nc(Cl)c2ccccc2c1=O. The Morgan fingerprint density at radius 1 is 1.12 bits per heavy atom. The predicted octanol–water partition coefficient (Wildman–Crippen LogP) is 2.64. The lowest BCUT2D eigenvalue weighted by Gasteiger charge is -2.09. The number of carbonyl (C=O) groups is 1. The number of hydrogen-bond donors (Lipinski definition) is 1. The van der Waals surface area contributed by atoms with E-state index in [1.54, 1.807) is 24.3 Å². The normalized spacial score (nSPS) is 10.8. The highest BCUT2D eigenvalue weighted by molar-refractivity contribution is 6.34. The average Bonchev–Trinajstić information content (AvgIpc) is 2.51. The van der Waals surface area contributed by atoms with E-state index in [1.165, 1.54) is 0 Å². The van der Waals surface area contributed by atoms with Crippen LogP contribution in [0.3, 0.4) is 0 Å². The molecule has 0 fully saturated rings. The quantitative estimate of drug-likeness (QED) is 0.790. The minimum absolute atomic E-state index is 0.0438. The topological polar surface area (TPSA) is 64.0 Å². The van der Waals surface area contributed by atoms with E-state index in [4.69, 9.17) is 11.6 Å². The molecule has 0 unspecified atom stereocenters. The first-order valence-corrected chi connectivity index (χ1v) is 7.24. The van der Waals surface area contributed by atoms with Gasteiger partial charge in [-0.25, -0.2) is 14.2 Å². The molecule has 0 aliphatic rings. The van der Waals surface area contributed by atoms with E-state index in [2.05, 4.69) is 10.5 Å². The van der Waals surface area contributed by atoms with E-state index in [9.17, 15) is 18.4 Å². The molecule has 5 nitrogen and oxygen atoms in total. The van der Waals surface area contributed by atoms with Crippen LogP contribution in [0.4, 0.5) is 8.78 Å². The maximum atomic E-state index is 13.1. The van der Waals surface area contributed by atoms with Crippen LogP contribution in [0.1, 0.15) is 5.56 Å². The molecule has 0 saturated carbocycles. The maximum Gasteiger partial charge on any atom is 0.294 e. The molecule has 0 bridgehead atoms. The second kappa shape index (κ2) is 6.37. The van der Waals surface area contributed by atoms with Crippen molar-refractivity contribution in [3.63, 3.8) is 0 Å². The predicted molar refractivity (Wildman–Crippen MR) is 85.4 cm³/mol. The molecule has 3 aromatic rings. The Bertz CT molecular complexity index is 984. The van der Waals surface area contributed by atoms with Crippen molar-refractivity contribution in [3.8, 4) is 0 Å². The van der Waals surface area contributed by atoms with Gasteiger partial charge >= 0.3 is 0 Å². The lowest BCUT2D eigenvalue weighted by atomic mass is 10.1. The van der Waals surface area contributed by atoms with Crippen LogP contribution >= 0.6 is 11.6 Å².